The standard InChI is InChI=1S/C9H10N2.C2H6/c1-7-5-9-3-4-10-11(9)6-8(7)2;1-2/h3-6H,1-2H3;1-2H3. The summed E-state index contributed by atoms with van der Waals surface area (Å²) < 4.78 is 1.89. The number of hydrogen-bond donors (Lipinski definition) is 0. The molecular weight excluding hydrogens is 160 g/mol. The summed E-state index contributed by atoms with van der Waals surface area (Å²) in [6.07, 6.45) is 3.86. The van der Waals surface area contributed by atoms with Gasteiger partial charge in [0.1, 0.15) is 0 Å². The van der Waals surface area contributed by atoms with E-state index in [9.17, 15) is 0 Å². The average molecular weight is 176 g/mol. The molecule has 2 rings (SSSR count). The van der Waals surface area contributed by atoms with Crippen molar-refractivity contribution >= 4 is 5.52 Å². The van der Waals surface area contributed by atoms with Gasteiger partial charge in [-0.15, -0.1) is 0 Å². The summed E-state index contributed by atoms with van der Waals surface area (Å²) in [5.74, 6) is 0. The molecule has 2 aromatic heterocycles. The van der Waals surface area contributed by atoms with E-state index < -0.39 is 0 Å². The Morgan fingerprint density at radius 3 is 2.54 bits per heavy atom. The lowest BCUT2D eigenvalue weighted by atomic mass is 10.2. The van der Waals surface area contributed by atoms with Crippen LogP contribution in [0, 0.1) is 13.8 Å². The Kier molecular flexibility index (Phi) is 3.07. The third-order valence-corrected chi connectivity index (χ3v) is 2.00. The van der Waals surface area contributed by atoms with Crippen LogP contribution in [0.1, 0.15) is 25.0 Å². The summed E-state index contributed by atoms with van der Waals surface area (Å²) in [6, 6.07) is 4.15. The molecule has 0 aliphatic rings. The second kappa shape index (κ2) is 4.08. The van der Waals surface area contributed by atoms with Crippen LogP contribution in [0.5, 0.6) is 0 Å². The van der Waals surface area contributed by atoms with Crippen LogP contribution in [0.2, 0.25) is 0 Å². The molecular formula is C11H16N2. The van der Waals surface area contributed by atoms with Gasteiger partial charge in [-0.3, -0.25) is 0 Å². The predicted octanol–water partition coefficient (Wildman–Crippen LogP) is 2.98. The maximum atomic E-state index is 4.14. The number of aryl methyl sites for hydroxylation is 2. The molecule has 0 spiro atoms. The highest BCUT2D eigenvalue weighted by Crippen LogP contribution is 2.09. The Balaban J connectivity index is 0.000000396. The molecule has 0 unspecified atom stereocenters. The smallest absolute Gasteiger partial charge is 0.0664 e. The zero-order valence-corrected chi connectivity index (χ0v) is 8.70. The largest absolute Gasteiger partial charge is 0.241 e. The molecule has 0 amide bonds. The van der Waals surface area contributed by atoms with E-state index in [1.54, 1.807) is 0 Å². The predicted molar refractivity (Wildman–Crippen MR) is 56.0 cm³/mol. The van der Waals surface area contributed by atoms with Crippen molar-refractivity contribution in [3.8, 4) is 0 Å². The van der Waals surface area contributed by atoms with Gasteiger partial charge >= 0.3 is 0 Å². The van der Waals surface area contributed by atoms with Crippen LogP contribution in [-0.4, -0.2) is 9.61 Å². The minimum Gasteiger partial charge on any atom is -0.241 e. The zero-order chi connectivity index (χ0) is 9.84. The molecule has 13 heavy (non-hydrogen) atoms. The third kappa shape index (κ3) is 1.89. The Hall–Kier alpha value is -1.31. The Labute approximate surface area is 79.2 Å². The normalized spacial score (nSPS) is 9.54. The summed E-state index contributed by atoms with van der Waals surface area (Å²) in [6.45, 7) is 8.21. The first-order valence-corrected chi connectivity index (χ1v) is 4.68. The molecule has 0 saturated heterocycles. The SMILES string of the molecule is CC.Cc1cc2ccnn2cc1C. The summed E-state index contributed by atoms with van der Waals surface area (Å²) in [7, 11) is 0. The van der Waals surface area contributed by atoms with Gasteiger partial charge in [0, 0.05) is 12.4 Å². The number of fused-ring (bicyclic) bond motifs is 1. The highest BCUT2D eigenvalue weighted by atomic mass is 15.2. The number of rotatable bonds is 0. The summed E-state index contributed by atoms with van der Waals surface area (Å²) in [5.41, 5.74) is 3.76. The first kappa shape index (κ1) is 9.78. The molecule has 0 radical (unpaired) electrons. The number of pyridine rings is 1. The quantitative estimate of drug-likeness (QED) is 0.603. The molecule has 0 N–H and O–H groups in total. The van der Waals surface area contributed by atoms with Gasteiger partial charge in [-0.1, -0.05) is 13.8 Å². The molecule has 0 bridgehead atoms. The van der Waals surface area contributed by atoms with Crippen molar-refractivity contribution in [1.29, 1.82) is 0 Å². The van der Waals surface area contributed by atoms with Crippen molar-refractivity contribution in [3.63, 3.8) is 0 Å². The van der Waals surface area contributed by atoms with Crippen molar-refractivity contribution in [2.75, 3.05) is 0 Å². The molecule has 0 saturated carbocycles. The summed E-state index contributed by atoms with van der Waals surface area (Å²) in [4.78, 5) is 0. The molecule has 2 aromatic rings. The zero-order valence-electron chi connectivity index (χ0n) is 8.70. The van der Waals surface area contributed by atoms with E-state index in [0.29, 0.717) is 0 Å². The lowest BCUT2D eigenvalue weighted by molar-refractivity contribution is 0.946. The molecule has 70 valence electrons. The van der Waals surface area contributed by atoms with Gasteiger partial charge in [0.05, 0.1) is 5.52 Å². The summed E-state index contributed by atoms with van der Waals surface area (Å²) >= 11 is 0. The molecule has 2 nitrogen and oxygen atoms in total. The van der Waals surface area contributed by atoms with E-state index in [1.165, 1.54) is 11.1 Å². The van der Waals surface area contributed by atoms with Gasteiger partial charge in [-0.05, 0) is 37.1 Å². The van der Waals surface area contributed by atoms with Crippen LogP contribution < -0.4 is 0 Å². The van der Waals surface area contributed by atoms with Gasteiger partial charge in [0.15, 0.2) is 0 Å². The van der Waals surface area contributed by atoms with Crippen LogP contribution >= 0.6 is 0 Å². The van der Waals surface area contributed by atoms with Crippen molar-refractivity contribution in [2.45, 2.75) is 27.7 Å². The number of aromatic nitrogens is 2. The lowest BCUT2D eigenvalue weighted by Crippen LogP contribution is -1.89. The fourth-order valence-electron chi connectivity index (χ4n) is 1.17. The minimum atomic E-state index is 1.16. The number of hydrogen-bond acceptors (Lipinski definition) is 1. The van der Waals surface area contributed by atoms with E-state index in [0.717, 1.165) is 5.52 Å². The maximum Gasteiger partial charge on any atom is 0.0664 e. The molecule has 0 atom stereocenters. The maximum absolute atomic E-state index is 4.14. The molecule has 0 aliphatic heterocycles. The van der Waals surface area contributed by atoms with Crippen molar-refractivity contribution in [2.24, 2.45) is 0 Å². The minimum absolute atomic E-state index is 1.16. The van der Waals surface area contributed by atoms with Crippen LogP contribution in [0.15, 0.2) is 24.5 Å². The highest BCUT2D eigenvalue weighted by Gasteiger charge is 1.95. The van der Waals surface area contributed by atoms with Gasteiger partial charge in [-0.2, -0.15) is 5.10 Å². The van der Waals surface area contributed by atoms with Crippen LogP contribution in [0.3, 0.4) is 0 Å². The van der Waals surface area contributed by atoms with E-state index in [-0.39, 0.29) is 0 Å². The highest BCUT2D eigenvalue weighted by molar-refractivity contribution is 5.49. The van der Waals surface area contributed by atoms with E-state index in [2.05, 4.69) is 25.0 Å². The molecule has 0 aromatic carbocycles. The Morgan fingerprint density at radius 1 is 1.15 bits per heavy atom. The van der Waals surface area contributed by atoms with Crippen molar-refractivity contribution < 1.29 is 0 Å². The second-order valence-corrected chi connectivity index (χ2v) is 2.84. The van der Waals surface area contributed by atoms with E-state index in [1.807, 2.05) is 36.8 Å². The molecule has 2 heteroatoms. The van der Waals surface area contributed by atoms with Crippen LogP contribution in [0.4, 0.5) is 0 Å². The van der Waals surface area contributed by atoms with Crippen LogP contribution in [0.25, 0.3) is 5.52 Å². The van der Waals surface area contributed by atoms with Gasteiger partial charge in [0.2, 0.25) is 0 Å². The fraction of sp³-hybridized carbons (Fsp3) is 0.364. The third-order valence-electron chi connectivity index (χ3n) is 2.00. The monoisotopic (exact) mass is 176 g/mol. The van der Waals surface area contributed by atoms with E-state index in [4.69, 9.17) is 0 Å². The Morgan fingerprint density at radius 2 is 1.85 bits per heavy atom. The summed E-state index contributed by atoms with van der Waals surface area (Å²) in [5, 5.41) is 4.14. The van der Waals surface area contributed by atoms with Crippen molar-refractivity contribution in [3.05, 3.63) is 35.7 Å². The topological polar surface area (TPSA) is 17.3 Å². The van der Waals surface area contributed by atoms with Gasteiger partial charge in [0.25, 0.3) is 0 Å². The Bertz CT molecular complexity index is 352. The molecule has 0 fully saturated rings. The lowest BCUT2D eigenvalue weighted by Gasteiger charge is -1.99. The second-order valence-electron chi connectivity index (χ2n) is 2.84. The van der Waals surface area contributed by atoms with Crippen LogP contribution in [-0.2, 0) is 0 Å². The number of nitrogens with zero attached hydrogens (tertiary/aromatic N) is 2. The van der Waals surface area contributed by atoms with E-state index >= 15 is 0 Å². The fourth-order valence-corrected chi connectivity index (χ4v) is 1.17. The molecule has 2 heterocycles. The van der Waals surface area contributed by atoms with Crippen molar-refractivity contribution in [1.82, 2.24) is 9.61 Å². The first-order valence-electron chi connectivity index (χ1n) is 4.68. The van der Waals surface area contributed by atoms with Gasteiger partial charge < -0.3 is 0 Å². The van der Waals surface area contributed by atoms with Gasteiger partial charge in [-0.25, -0.2) is 4.52 Å². The average Bonchev–Trinajstić information content (AvgIpc) is 2.56. The first-order chi connectivity index (χ1) is 6.27. The molecule has 0 aliphatic carbocycles.